The summed E-state index contributed by atoms with van der Waals surface area (Å²) in [6.07, 6.45) is 1.86. The average molecular weight is 269 g/mol. The largest absolute Gasteiger partial charge is 0.323 e. The minimum atomic E-state index is -2.68. The number of fused-ring (bicyclic) bond motifs is 1. The van der Waals surface area contributed by atoms with Gasteiger partial charge in [0.2, 0.25) is 5.91 Å². The molecule has 2 aliphatic rings. The van der Waals surface area contributed by atoms with Crippen molar-refractivity contribution in [3.63, 3.8) is 0 Å². The highest BCUT2D eigenvalue weighted by Crippen LogP contribution is 2.55. The number of amides is 1. The lowest BCUT2D eigenvalue weighted by Crippen LogP contribution is -2.17. The topological polar surface area (TPSA) is 57.8 Å². The third-order valence-corrected chi connectivity index (χ3v) is 4.39. The number of aromatic amines is 1. The van der Waals surface area contributed by atoms with Gasteiger partial charge in [0.05, 0.1) is 11.4 Å². The Bertz CT molecular complexity index is 488. The third kappa shape index (κ3) is 2.13. The zero-order valence-corrected chi connectivity index (χ0v) is 10.7. The van der Waals surface area contributed by atoms with E-state index in [1.165, 1.54) is 12.8 Å². The Morgan fingerprint density at radius 1 is 1.37 bits per heavy atom. The molecule has 2 aliphatic carbocycles. The van der Waals surface area contributed by atoms with Gasteiger partial charge in [-0.2, -0.15) is 5.10 Å². The SMILES string of the molecule is Cc1[nH]nc(C(F)F)c1NC(=O)C1C2CCCCC21. The number of anilines is 1. The summed E-state index contributed by atoms with van der Waals surface area (Å²) in [5.74, 6) is 0.831. The van der Waals surface area contributed by atoms with E-state index >= 15 is 0 Å². The van der Waals surface area contributed by atoms with Crippen molar-refractivity contribution in [1.29, 1.82) is 0 Å². The van der Waals surface area contributed by atoms with Crippen molar-refractivity contribution in [2.24, 2.45) is 17.8 Å². The van der Waals surface area contributed by atoms with Gasteiger partial charge in [-0.1, -0.05) is 12.8 Å². The van der Waals surface area contributed by atoms with Crippen LogP contribution in [0.4, 0.5) is 14.5 Å². The van der Waals surface area contributed by atoms with Crippen molar-refractivity contribution in [2.45, 2.75) is 39.0 Å². The maximum atomic E-state index is 12.8. The molecule has 0 aromatic carbocycles. The molecular formula is C13H17F2N3O. The van der Waals surface area contributed by atoms with E-state index in [0.29, 0.717) is 17.5 Å². The van der Waals surface area contributed by atoms with Crippen LogP contribution in [0.5, 0.6) is 0 Å². The zero-order chi connectivity index (χ0) is 13.6. The van der Waals surface area contributed by atoms with E-state index in [4.69, 9.17) is 0 Å². The van der Waals surface area contributed by atoms with Crippen molar-refractivity contribution in [1.82, 2.24) is 10.2 Å². The molecule has 6 heteroatoms. The number of hydrogen-bond donors (Lipinski definition) is 2. The smallest absolute Gasteiger partial charge is 0.284 e. The molecule has 0 spiro atoms. The first-order chi connectivity index (χ1) is 9.09. The lowest BCUT2D eigenvalue weighted by Gasteiger charge is -2.06. The standard InChI is InChI=1S/C13H17F2N3O/c1-6-10(11(12(14)15)18-17-6)16-13(19)9-7-4-2-3-5-8(7)9/h7-9,12H,2-5H2,1H3,(H,16,19)(H,17,18). The van der Waals surface area contributed by atoms with E-state index in [1.807, 2.05) is 0 Å². The van der Waals surface area contributed by atoms with Crippen LogP contribution in [0.1, 0.15) is 43.5 Å². The summed E-state index contributed by atoms with van der Waals surface area (Å²) in [7, 11) is 0. The van der Waals surface area contributed by atoms with Crippen molar-refractivity contribution in [2.75, 3.05) is 5.32 Å². The lowest BCUT2D eigenvalue weighted by atomic mass is 10.0. The second-order valence-corrected chi connectivity index (χ2v) is 5.54. The van der Waals surface area contributed by atoms with Gasteiger partial charge in [0.15, 0.2) is 5.69 Å². The number of H-pyrrole nitrogens is 1. The maximum absolute atomic E-state index is 12.8. The highest BCUT2D eigenvalue weighted by molar-refractivity contribution is 5.95. The van der Waals surface area contributed by atoms with Gasteiger partial charge >= 0.3 is 0 Å². The Kier molecular flexibility index (Phi) is 3.03. The maximum Gasteiger partial charge on any atom is 0.284 e. The molecule has 2 N–H and O–H groups in total. The first kappa shape index (κ1) is 12.6. The molecule has 1 aromatic heterocycles. The number of nitrogens with zero attached hydrogens (tertiary/aromatic N) is 1. The minimum Gasteiger partial charge on any atom is -0.323 e. The van der Waals surface area contributed by atoms with Gasteiger partial charge in [-0.05, 0) is 31.6 Å². The Labute approximate surface area is 110 Å². The number of hydrogen-bond acceptors (Lipinski definition) is 2. The summed E-state index contributed by atoms with van der Waals surface area (Å²) in [6, 6.07) is 0. The van der Waals surface area contributed by atoms with Crippen LogP contribution < -0.4 is 5.32 Å². The van der Waals surface area contributed by atoms with Crippen molar-refractivity contribution < 1.29 is 13.6 Å². The molecule has 0 aliphatic heterocycles. The summed E-state index contributed by atoms with van der Waals surface area (Å²) in [5.41, 5.74) is 0.269. The summed E-state index contributed by atoms with van der Waals surface area (Å²) < 4.78 is 25.5. The molecule has 1 aromatic rings. The number of aromatic nitrogens is 2. The predicted octanol–water partition coefficient (Wildman–Crippen LogP) is 3.03. The summed E-state index contributed by atoms with van der Waals surface area (Å²) in [4.78, 5) is 12.2. The summed E-state index contributed by atoms with van der Waals surface area (Å²) >= 11 is 0. The number of carbonyl (C=O) groups is 1. The van der Waals surface area contributed by atoms with E-state index in [9.17, 15) is 13.6 Å². The molecule has 2 saturated carbocycles. The van der Waals surface area contributed by atoms with Gasteiger partial charge in [0, 0.05) is 5.92 Å². The Balaban J connectivity index is 1.72. The molecule has 4 nitrogen and oxygen atoms in total. The molecule has 2 atom stereocenters. The van der Waals surface area contributed by atoms with E-state index in [0.717, 1.165) is 12.8 Å². The number of aryl methyl sites for hydroxylation is 1. The van der Waals surface area contributed by atoms with Crippen LogP contribution in [-0.4, -0.2) is 16.1 Å². The van der Waals surface area contributed by atoms with Crippen molar-refractivity contribution in [3.05, 3.63) is 11.4 Å². The second kappa shape index (κ2) is 4.58. The minimum absolute atomic E-state index is 0.0160. The fourth-order valence-corrected chi connectivity index (χ4v) is 3.35. The molecule has 1 heterocycles. The first-order valence-corrected chi connectivity index (χ1v) is 6.73. The molecule has 0 bridgehead atoms. The number of rotatable bonds is 3. The third-order valence-electron chi connectivity index (χ3n) is 4.39. The molecule has 0 radical (unpaired) electrons. The van der Waals surface area contributed by atoms with Gasteiger partial charge in [0.25, 0.3) is 6.43 Å². The van der Waals surface area contributed by atoms with Crippen LogP contribution in [0.2, 0.25) is 0 Å². The molecule has 2 fully saturated rings. The van der Waals surface area contributed by atoms with Gasteiger partial charge < -0.3 is 5.32 Å². The molecule has 2 unspecified atom stereocenters. The highest BCUT2D eigenvalue weighted by Gasteiger charge is 2.54. The van der Waals surface area contributed by atoms with E-state index < -0.39 is 6.43 Å². The summed E-state index contributed by atoms with van der Waals surface area (Å²) in [5, 5.41) is 8.70. The molecule has 0 saturated heterocycles. The Hall–Kier alpha value is -1.46. The number of nitrogens with one attached hydrogen (secondary N) is 2. The quantitative estimate of drug-likeness (QED) is 0.886. The predicted molar refractivity (Wildman–Crippen MR) is 65.8 cm³/mol. The van der Waals surface area contributed by atoms with Crippen molar-refractivity contribution >= 4 is 11.6 Å². The molecule has 104 valence electrons. The van der Waals surface area contributed by atoms with E-state index in [-0.39, 0.29) is 23.2 Å². The first-order valence-electron chi connectivity index (χ1n) is 6.73. The molecule has 19 heavy (non-hydrogen) atoms. The number of halogens is 2. The Morgan fingerprint density at radius 3 is 2.58 bits per heavy atom. The van der Waals surface area contributed by atoms with E-state index in [1.54, 1.807) is 6.92 Å². The van der Waals surface area contributed by atoms with Crippen LogP contribution in [-0.2, 0) is 4.79 Å². The van der Waals surface area contributed by atoms with Gasteiger partial charge in [-0.15, -0.1) is 0 Å². The zero-order valence-electron chi connectivity index (χ0n) is 10.7. The number of alkyl halides is 2. The molecule has 1 amide bonds. The summed E-state index contributed by atoms with van der Waals surface area (Å²) in [6.45, 7) is 1.63. The molecular weight excluding hydrogens is 252 g/mol. The van der Waals surface area contributed by atoms with Crippen LogP contribution in [0.25, 0.3) is 0 Å². The van der Waals surface area contributed by atoms with Gasteiger partial charge in [0.1, 0.15) is 0 Å². The molecule has 3 rings (SSSR count). The van der Waals surface area contributed by atoms with Crippen LogP contribution in [0.3, 0.4) is 0 Å². The van der Waals surface area contributed by atoms with Crippen molar-refractivity contribution in [3.8, 4) is 0 Å². The monoisotopic (exact) mass is 269 g/mol. The Morgan fingerprint density at radius 2 is 2.00 bits per heavy atom. The highest BCUT2D eigenvalue weighted by atomic mass is 19.3. The average Bonchev–Trinajstić information content (AvgIpc) is 3.01. The fourth-order valence-electron chi connectivity index (χ4n) is 3.35. The number of carbonyl (C=O) groups excluding carboxylic acids is 1. The van der Waals surface area contributed by atoms with Gasteiger partial charge in [-0.3, -0.25) is 9.89 Å². The van der Waals surface area contributed by atoms with Gasteiger partial charge in [-0.25, -0.2) is 8.78 Å². The van der Waals surface area contributed by atoms with Crippen LogP contribution in [0, 0.1) is 24.7 Å². The van der Waals surface area contributed by atoms with E-state index in [2.05, 4.69) is 15.5 Å². The van der Waals surface area contributed by atoms with Crippen LogP contribution in [0.15, 0.2) is 0 Å². The van der Waals surface area contributed by atoms with Crippen LogP contribution >= 0.6 is 0 Å². The fraction of sp³-hybridized carbons (Fsp3) is 0.692. The second-order valence-electron chi connectivity index (χ2n) is 5.54. The normalized spacial score (nSPS) is 29.2. The lowest BCUT2D eigenvalue weighted by molar-refractivity contribution is -0.117.